The Labute approximate surface area is 161 Å². The number of nitrogens with zero attached hydrogens (tertiary/aromatic N) is 2. The number of nitrogens with one attached hydrogen (secondary N) is 1. The number of fused-ring (bicyclic) bond motifs is 1. The topological polar surface area (TPSA) is 70.9 Å². The van der Waals surface area contributed by atoms with Crippen molar-refractivity contribution in [1.29, 1.82) is 5.26 Å². The van der Waals surface area contributed by atoms with E-state index in [1.54, 1.807) is 25.1 Å². The van der Waals surface area contributed by atoms with E-state index in [9.17, 15) is 14.0 Å². The van der Waals surface area contributed by atoms with Gasteiger partial charge in [0.05, 0.1) is 23.2 Å². The second-order valence-electron chi connectivity index (χ2n) is 6.23. The zero-order valence-electron chi connectivity index (χ0n) is 15.7. The summed E-state index contributed by atoms with van der Waals surface area (Å²) in [6.45, 7) is 3.10. The number of aromatic nitrogens is 2. The van der Waals surface area contributed by atoms with Crippen molar-refractivity contribution in [2.75, 3.05) is 6.61 Å². The smallest absolute Gasteiger partial charge is 0.387 e. The Morgan fingerprint density at radius 2 is 1.96 bits per heavy atom. The molecule has 7 heteroatoms. The minimum atomic E-state index is -2.95. The number of halogens is 2. The van der Waals surface area contributed by atoms with Gasteiger partial charge in [0, 0.05) is 0 Å². The van der Waals surface area contributed by atoms with E-state index >= 15 is 0 Å². The summed E-state index contributed by atoms with van der Waals surface area (Å²) in [6, 6.07) is 10.6. The zero-order valence-corrected chi connectivity index (χ0v) is 15.7. The van der Waals surface area contributed by atoms with Gasteiger partial charge in [-0.25, -0.2) is 4.98 Å². The van der Waals surface area contributed by atoms with Gasteiger partial charge in [-0.3, -0.25) is 0 Å². The minimum absolute atomic E-state index is 0.0535. The molecule has 2 aromatic carbocycles. The van der Waals surface area contributed by atoms with Gasteiger partial charge in [-0.05, 0) is 67.8 Å². The van der Waals surface area contributed by atoms with Crippen molar-refractivity contribution in [3.8, 4) is 17.6 Å². The lowest BCUT2D eigenvalue weighted by atomic mass is 10.1. The van der Waals surface area contributed by atoms with E-state index < -0.39 is 6.61 Å². The number of aryl methyl sites for hydroxylation is 2. The fourth-order valence-electron chi connectivity index (χ4n) is 2.79. The van der Waals surface area contributed by atoms with Crippen LogP contribution in [0.4, 0.5) is 8.78 Å². The van der Waals surface area contributed by atoms with Crippen LogP contribution in [0, 0.1) is 25.2 Å². The molecule has 0 unspecified atom stereocenters. The maximum atomic E-state index is 12.5. The molecule has 0 saturated heterocycles. The number of aromatic amines is 1. The van der Waals surface area contributed by atoms with Gasteiger partial charge in [-0.2, -0.15) is 14.0 Å². The van der Waals surface area contributed by atoms with Gasteiger partial charge >= 0.3 is 6.61 Å². The van der Waals surface area contributed by atoms with Crippen LogP contribution in [0.25, 0.3) is 22.7 Å². The molecule has 1 aromatic heterocycles. The van der Waals surface area contributed by atoms with Crippen molar-refractivity contribution < 1.29 is 18.3 Å². The summed E-state index contributed by atoms with van der Waals surface area (Å²) in [7, 11) is 0. The normalized spacial score (nSPS) is 11.7. The van der Waals surface area contributed by atoms with Gasteiger partial charge in [-0.15, -0.1) is 0 Å². The number of hydrogen-bond donors (Lipinski definition) is 1. The monoisotopic (exact) mass is 383 g/mol. The molecule has 0 spiro atoms. The lowest BCUT2D eigenvalue weighted by Crippen LogP contribution is -2.04. The maximum Gasteiger partial charge on any atom is 0.387 e. The van der Waals surface area contributed by atoms with E-state index in [-0.39, 0.29) is 11.5 Å². The summed E-state index contributed by atoms with van der Waals surface area (Å²) in [4.78, 5) is 7.65. The Morgan fingerprint density at radius 1 is 1.21 bits per heavy atom. The van der Waals surface area contributed by atoms with Crippen molar-refractivity contribution in [2.24, 2.45) is 0 Å². The minimum Gasteiger partial charge on any atom is -0.490 e. The van der Waals surface area contributed by atoms with Crippen molar-refractivity contribution in [1.82, 2.24) is 9.97 Å². The molecular weight excluding hydrogens is 364 g/mol. The van der Waals surface area contributed by atoms with Crippen LogP contribution in [0.5, 0.6) is 11.5 Å². The summed E-state index contributed by atoms with van der Waals surface area (Å²) in [5.41, 5.74) is 4.78. The molecule has 0 aliphatic carbocycles. The Bertz CT molecular complexity index is 1040. The predicted octanol–water partition coefficient (Wildman–Crippen LogP) is 5.24. The second-order valence-corrected chi connectivity index (χ2v) is 6.23. The standard InChI is InChI=1S/C21H19F2N3O2/c1-4-27-19-10-14(5-6-18(19)28-21(22)23)9-15(11-24)20-25-16-7-12(2)13(3)8-17(16)26-20/h5-10,21H,4H2,1-3H3,(H,25,26)/b15-9-. The number of rotatable bonds is 6. The summed E-state index contributed by atoms with van der Waals surface area (Å²) in [5.74, 6) is 0.570. The van der Waals surface area contributed by atoms with E-state index in [4.69, 9.17) is 4.74 Å². The molecule has 1 N–H and O–H groups in total. The molecule has 0 saturated carbocycles. The Balaban J connectivity index is 2.00. The summed E-state index contributed by atoms with van der Waals surface area (Å²) >= 11 is 0. The van der Waals surface area contributed by atoms with Crippen molar-refractivity contribution in [3.05, 3.63) is 52.8 Å². The van der Waals surface area contributed by atoms with Crippen molar-refractivity contribution >= 4 is 22.7 Å². The van der Waals surface area contributed by atoms with Crippen molar-refractivity contribution in [2.45, 2.75) is 27.4 Å². The molecular formula is C21H19F2N3O2. The maximum absolute atomic E-state index is 12.5. The number of nitriles is 1. The van der Waals surface area contributed by atoms with Gasteiger partial charge in [0.15, 0.2) is 11.5 Å². The summed E-state index contributed by atoms with van der Waals surface area (Å²) in [5, 5.41) is 9.59. The molecule has 3 aromatic rings. The number of benzene rings is 2. The molecule has 3 rings (SSSR count). The molecule has 0 amide bonds. The number of hydrogen-bond acceptors (Lipinski definition) is 4. The highest BCUT2D eigenvalue weighted by atomic mass is 19.3. The first-order valence-electron chi connectivity index (χ1n) is 8.72. The van der Waals surface area contributed by atoms with Crippen LogP contribution in [0.2, 0.25) is 0 Å². The Kier molecular flexibility index (Phi) is 5.59. The van der Waals surface area contributed by atoms with Gasteiger partial charge in [0.1, 0.15) is 11.9 Å². The quantitative estimate of drug-likeness (QED) is 0.591. The molecule has 0 fully saturated rings. The lowest BCUT2D eigenvalue weighted by Gasteiger charge is -2.11. The highest BCUT2D eigenvalue weighted by molar-refractivity contribution is 5.90. The number of H-pyrrole nitrogens is 1. The van der Waals surface area contributed by atoms with E-state index in [0.29, 0.717) is 23.6 Å². The molecule has 0 aliphatic rings. The first-order valence-corrected chi connectivity index (χ1v) is 8.72. The molecule has 144 valence electrons. The number of imidazole rings is 1. The van der Waals surface area contributed by atoms with Gasteiger partial charge < -0.3 is 14.5 Å². The van der Waals surface area contributed by atoms with Crippen LogP contribution in [0.1, 0.15) is 29.4 Å². The molecule has 1 heterocycles. The number of allylic oxidation sites excluding steroid dienone is 1. The van der Waals surface area contributed by atoms with Gasteiger partial charge in [0.25, 0.3) is 0 Å². The van der Waals surface area contributed by atoms with Crippen LogP contribution in [0.15, 0.2) is 30.3 Å². The summed E-state index contributed by atoms with van der Waals surface area (Å²) < 4.78 is 34.9. The Hall–Kier alpha value is -3.40. The van der Waals surface area contributed by atoms with E-state index in [0.717, 1.165) is 22.2 Å². The molecule has 0 radical (unpaired) electrons. The van der Waals surface area contributed by atoms with Crippen LogP contribution < -0.4 is 9.47 Å². The first kappa shape index (κ1) is 19.4. The van der Waals surface area contributed by atoms with E-state index in [1.165, 1.54) is 6.07 Å². The average Bonchev–Trinajstić information content (AvgIpc) is 3.04. The summed E-state index contributed by atoms with van der Waals surface area (Å²) in [6.07, 6.45) is 1.62. The fraction of sp³-hybridized carbons (Fsp3) is 0.238. The van der Waals surface area contributed by atoms with Gasteiger partial charge in [-0.1, -0.05) is 6.07 Å². The molecule has 0 bridgehead atoms. The highest BCUT2D eigenvalue weighted by Crippen LogP contribution is 2.31. The first-order chi connectivity index (χ1) is 13.4. The van der Waals surface area contributed by atoms with E-state index in [2.05, 4.69) is 20.8 Å². The largest absolute Gasteiger partial charge is 0.490 e. The van der Waals surface area contributed by atoms with Crippen LogP contribution in [0.3, 0.4) is 0 Å². The molecule has 5 nitrogen and oxygen atoms in total. The molecule has 28 heavy (non-hydrogen) atoms. The van der Waals surface area contributed by atoms with Crippen LogP contribution >= 0.6 is 0 Å². The van der Waals surface area contributed by atoms with Crippen molar-refractivity contribution in [3.63, 3.8) is 0 Å². The third kappa shape index (κ3) is 4.12. The highest BCUT2D eigenvalue weighted by Gasteiger charge is 2.13. The lowest BCUT2D eigenvalue weighted by molar-refractivity contribution is -0.0514. The third-order valence-corrected chi connectivity index (χ3v) is 4.27. The third-order valence-electron chi connectivity index (χ3n) is 4.27. The van der Waals surface area contributed by atoms with Crippen LogP contribution in [-0.2, 0) is 0 Å². The average molecular weight is 383 g/mol. The number of ether oxygens (including phenoxy) is 2. The van der Waals surface area contributed by atoms with Crippen LogP contribution in [-0.4, -0.2) is 23.2 Å². The van der Waals surface area contributed by atoms with E-state index in [1.807, 2.05) is 26.0 Å². The SMILES string of the molecule is CCOc1cc(/C=C(/C#N)c2nc3cc(C)c(C)cc3[nH]2)ccc1OC(F)F. The second kappa shape index (κ2) is 8.09. The predicted molar refractivity (Wildman–Crippen MR) is 103 cm³/mol. The molecule has 0 atom stereocenters. The fourth-order valence-corrected chi connectivity index (χ4v) is 2.79. The number of alkyl halides is 2. The molecule has 0 aliphatic heterocycles. The van der Waals surface area contributed by atoms with Gasteiger partial charge in [0.2, 0.25) is 0 Å². The Morgan fingerprint density at radius 3 is 2.64 bits per heavy atom. The zero-order chi connectivity index (χ0) is 20.3.